The van der Waals surface area contributed by atoms with E-state index in [1.54, 1.807) is 0 Å². The standard InChI is InChI=1S/C23H28O14/c1-13(2)19(26)30-9-17(24)36-23(34-11-32-21(28)15(5)6,35-12-33-22(29)16(7)8)37-18(25)10-31-20(27)14(3)4/h1,3,5,7,9-12H2,2,4,6,8H3. The van der Waals surface area contributed by atoms with Crippen LogP contribution in [0.25, 0.3) is 0 Å². The first-order chi connectivity index (χ1) is 17.1. The van der Waals surface area contributed by atoms with Gasteiger partial charge in [-0.25, -0.2) is 38.2 Å². The second-order valence-corrected chi connectivity index (χ2v) is 7.11. The van der Waals surface area contributed by atoms with Gasteiger partial charge in [-0.2, -0.15) is 0 Å². The maximum atomic E-state index is 12.3. The van der Waals surface area contributed by atoms with Crippen molar-refractivity contribution in [3.05, 3.63) is 48.6 Å². The van der Waals surface area contributed by atoms with E-state index in [1.807, 2.05) is 0 Å². The second kappa shape index (κ2) is 15.6. The molecule has 0 saturated heterocycles. The monoisotopic (exact) mass is 528 g/mol. The van der Waals surface area contributed by atoms with Gasteiger partial charge < -0.3 is 28.4 Å². The molecule has 0 aliphatic carbocycles. The van der Waals surface area contributed by atoms with Crippen LogP contribution in [0.1, 0.15) is 27.7 Å². The molecule has 0 fully saturated rings. The van der Waals surface area contributed by atoms with Crippen LogP contribution in [0.3, 0.4) is 0 Å². The molecule has 0 spiro atoms. The zero-order chi connectivity index (χ0) is 28.8. The van der Waals surface area contributed by atoms with Gasteiger partial charge in [0, 0.05) is 22.3 Å². The molecule has 0 aromatic heterocycles. The van der Waals surface area contributed by atoms with Gasteiger partial charge in [0.25, 0.3) is 0 Å². The minimum Gasteiger partial charge on any atom is -0.450 e. The number of hydrogen-bond donors (Lipinski definition) is 0. The normalized spacial score (nSPS) is 10.3. The van der Waals surface area contributed by atoms with Gasteiger partial charge in [-0.3, -0.25) is 0 Å². The van der Waals surface area contributed by atoms with Crippen molar-refractivity contribution in [1.82, 2.24) is 0 Å². The van der Waals surface area contributed by atoms with Gasteiger partial charge >= 0.3 is 42.0 Å². The van der Waals surface area contributed by atoms with Crippen molar-refractivity contribution in [3.63, 3.8) is 0 Å². The van der Waals surface area contributed by atoms with Gasteiger partial charge in [0.2, 0.25) is 13.6 Å². The minimum absolute atomic E-state index is 0.0436. The molecule has 0 saturated carbocycles. The fourth-order valence-corrected chi connectivity index (χ4v) is 1.57. The zero-order valence-electron chi connectivity index (χ0n) is 20.9. The van der Waals surface area contributed by atoms with Crippen LogP contribution in [0.2, 0.25) is 0 Å². The Bertz CT molecular complexity index is 896. The number of esters is 6. The third kappa shape index (κ3) is 13.4. The van der Waals surface area contributed by atoms with E-state index in [1.165, 1.54) is 27.7 Å². The predicted molar refractivity (Wildman–Crippen MR) is 120 cm³/mol. The fourth-order valence-electron chi connectivity index (χ4n) is 1.57. The van der Waals surface area contributed by atoms with Crippen molar-refractivity contribution in [1.29, 1.82) is 0 Å². The summed E-state index contributed by atoms with van der Waals surface area (Å²) in [6.07, 6.45) is -3.19. The van der Waals surface area contributed by atoms with Crippen molar-refractivity contribution < 1.29 is 66.7 Å². The topological polar surface area (TPSA) is 176 Å². The van der Waals surface area contributed by atoms with Crippen LogP contribution in [0.4, 0.5) is 0 Å². The van der Waals surface area contributed by atoms with Gasteiger partial charge in [0.15, 0.2) is 13.2 Å². The van der Waals surface area contributed by atoms with E-state index in [0.29, 0.717) is 0 Å². The molecule has 0 aliphatic rings. The summed E-state index contributed by atoms with van der Waals surface area (Å²) in [6, 6.07) is 0. The highest BCUT2D eigenvalue weighted by Crippen LogP contribution is 2.20. The Hall–Kier alpha value is -4.30. The summed E-state index contributed by atoms with van der Waals surface area (Å²) in [4.78, 5) is 71.1. The highest BCUT2D eigenvalue weighted by Gasteiger charge is 2.45. The van der Waals surface area contributed by atoms with Crippen LogP contribution >= 0.6 is 0 Å². The molecule has 0 bridgehead atoms. The van der Waals surface area contributed by atoms with E-state index in [-0.39, 0.29) is 22.3 Å². The van der Waals surface area contributed by atoms with E-state index in [9.17, 15) is 28.8 Å². The summed E-state index contributed by atoms with van der Waals surface area (Å²) in [7, 11) is 0. The molecule has 14 nitrogen and oxygen atoms in total. The summed E-state index contributed by atoms with van der Waals surface area (Å²) in [6.45, 7) is 14.4. The molecule has 0 aromatic carbocycles. The highest BCUT2D eigenvalue weighted by atomic mass is 17.1. The molecule has 0 unspecified atom stereocenters. The molecule has 0 amide bonds. The quantitative estimate of drug-likeness (QED) is 0.120. The minimum atomic E-state index is -3.19. The SMILES string of the molecule is C=C(C)C(=O)OCOC(OCOC(=O)C(=C)C)(OC(=O)COC(=O)C(=C)C)OC(=O)COC(=O)C(=C)C. The van der Waals surface area contributed by atoms with Crippen LogP contribution in [0.5, 0.6) is 0 Å². The van der Waals surface area contributed by atoms with Gasteiger partial charge in [-0.15, -0.1) is 0 Å². The average molecular weight is 528 g/mol. The maximum Gasteiger partial charge on any atom is 0.520 e. The van der Waals surface area contributed by atoms with Gasteiger partial charge in [-0.1, -0.05) is 26.3 Å². The van der Waals surface area contributed by atoms with Crippen molar-refractivity contribution in [3.8, 4) is 0 Å². The first kappa shape index (κ1) is 32.7. The molecule has 0 aromatic rings. The van der Waals surface area contributed by atoms with Crippen LogP contribution in [-0.2, 0) is 66.7 Å². The molecule has 0 radical (unpaired) electrons. The summed E-state index contributed by atoms with van der Waals surface area (Å²) in [5.74, 6) is -6.63. The summed E-state index contributed by atoms with van der Waals surface area (Å²) in [5.41, 5.74) is -0.178. The number of rotatable bonds is 16. The van der Waals surface area contributed by atoms with Crippen molar-refractivity contribution in [2.45, 2.75) is 33.9 Å². The first-order valence-corrected chi connectivity index (χ1v) is 10.1. The Morgan fingerprint density at radius 1 is 0.514 bits per heavy atom. The second-order valence-electron chi connectivity index (χ2n) is 7.11. The number of hydrogen-bond acceptors (Lipinski definition) is 14. The molecule has 0 atom stereocenters. The molecule has 37 heavy (non-hydrogen) atoms. The van der Waals surface area contributed by atoms with Crippen molar-refractivity contribution in [2.24, 2.45) is 0 Å². The number of carbonyl (C=O) groups is 6. The third-order valence-electron chi connectivity index (χ3n) is 3.37. The third-order valence-corrected chi connectivity index (χ3v) is 3.37. The molecule has 14 heteroatoms. The van der Waals surface area contributed by atoms with Gasteiger partial charge in [0.05, 0.1) is 0 Å². The van der Waals surface area contributed by atoms with E-state index in [4.69, 9.17) is 28.4 Å². The summed E-state index contributed by atoms with van der Waals surface area (Å²) in [5, 5.41) is 0. The Balaban J connectivity index is 5.86. The predicted octanol–water partition coefficient (Wildman–Crippen LogP) is 1.11. The Labute approximate surface area is 212 Å². The molecular formula is C23H28O14. The van der Waals surface area contributed by atoms with E-state index in [0.717, 1.165) is 0 Å². The van der Waals surface area contributed by atoms with Crippen LogP contribution in [0.15, 0.2) is 48.6 Å². The van der Waals surface area contributed by atoms with E-state index < -0.39 is 68.8 Å². The van der Waals surface area contributed by atoms with Gasteiger partial charge in [0.1, 0.15) is 0 Å². The van der Waals surface area contributed by atoms with E-state index in [2.05, 4.69) is 35.8 Å². The summed E-state index contributed by atoms with van der Waals surface area (Å²) >= 11 is 0. The fraction of sp³-hybridized carbons (Fsp3) is 0.391. The molecule has 0 N–H and O–H groups in total. The Kier molecular flexibility index (Phi) is 13.8. The molecular weight excluding hydrogens is 500 g/mol. The lowest BCUT2D eigenvalue weighted by Crippen LogP contribution is -2.48. The Morgan fingerprint density at radius 2 is 0.784 bits per heavy atom. The highest BCUT2D eigenvalue weighted by molar-refractivity contribution is 5.89. The van der Waals surface area contributed by atoms with Crippen LogP contribution in [0, 0.1) is 0 Å². The van der Waals surface area contributed by atoms with Crippen molar-refractivity contribution >= 4 is 35.8 Å². The zero-order valence-corrected chi connectivity index (χ0v) is 20.9. The first-order valence-electron chi connectivity index (χ1n) is 10.1. The molecule has 204 valence electrons. The summed E-state index contributed by atoms with van der Waals surface area (Å²) < 4.78 is 38.4. The lowest BCUT2D eigenvalue weighted by molar-refractivity contribution is -0.484. The Morgan fingerprint density at radius 3 is 1.05 bits per heavy atom. The van der Waals surface area contributed by atoms with Crippen LogP contribution in [-0.4, -0.2) is 68.8 Å². The lowest BCUT2D eigenvalue weighted by Gasteiger charge is -2.29. The molecule has 0 rings (SSSR count). The largest absolute Gasteiger partial charge is 0.520 e. The van der Waals surface area contributed by atoms with E-state index >= 15 is 0 Å². The lowest BCUT2D eigenvalue weighted by atomic mass is 10.4. The van der Waals surface area contributed by atoms with Gasteiger partial charge in [-0.05, 0) is 27.7 Å². The maximum absolute atomic E-state index is 12.3. The number of ether oxygens (including phenoxy) is 8. The van der Waals surface area contributed by atoms with Crippen molar-refractivity contribution in [2.75, 3.05) is 26.8 Å². The smallest absolute Gasteiger partial charge is 0.450 e. The van der Waals surface area contributed by atoms with Crippen LogP contribution < -0.4 is 0 Å². The molecule has 0 heterocycles. The average Bonchev–Trinajstić information content (AvgIpc) is 2.80. The molecule has 0 aliphatic heterocycles. The number of carbonyl (C=O) groups excluding carboxylic acids is 6.